The fourth-order valence-electron chi connectivity index (χ4n) is 2.17. The molecule has 0 radical (unpaired) electrons. The number of hydrogen-bond donors (Lipinski definition) is 1. The molecule has 0 saturated carbocycles. The summed E-state index contributed by atoms with van der Waals surface area (Å²) >= 11 is 5.92. The largest absolute Gasteiger partial charge is 0.348 e. The van der Waals surface area contributed by atoms with Crippen LogP contribution in [-0.2, 0) is 16.6 Å². The van der Waals surface area contributed by atoms with Crippen molar-refractivity contribution in [2.45, 2.75) is 31.3 Å². The number of nitrogens with one attached hydrogen (secondary N) is 1. The van der Waals surface area contributed by atoms with Crippen molar-refractivity contribution in [3.8, 4) is 0 Å². The van der Waals surface area contributed by atoms with E-state index in [2.05, 4.69) is 5.32 Å². The zero-order valence-electron chi connectivity index (χ0n) is 14.4. The lowest BCUT2D eigenvalue weighted by Crippen LogP contribution is -2.33. The summed E-state index contributed by atoms with van der Waals surface area (Å²) in [4.78, 5) is 12.4. The molecule has 2 aromatic carbocycles. The van der Waals surface area contributed by atoms with Crippen LogP contribution in [0.15, 0.2) is 53.4 Å². The Morgan fingerprint density at radius 3 is 2.48 bits per heavy atom. The van der Waals surface area contributed by atoms with Crippen LogP contribution in [0, 0.1) is 0 Å². The van der Waals surface area contributed by atoms with Gasteiger partial charge in [0.05, 0.1) is 4.90 Å². The highest BCUT2D eigenvalue weighted by Crippen LogP contribution is 2.18. The Hall–Kier alpha value is -1.89. The summed E-state index contributed by atoms with van der Waals surface area (Å²) in [6.07, 6.45) is 0. The van der Waals surface area contributed by atoms with Crippen molar-refractivity contribution < 1.29 is 13.2 Å². The van der Waals surface area contributed by atoms with E-state index in [1.807, 2.05) is 6.07 Å². The Morgan fingerprint density at radius 2 is 1.84 bits per heavy atom. The van der Waals surface area contributed by atoms with Crippen molar-refractivity contribution in [2.24, 2.45) is 0 Å². The maximum Gasteiger partial charge on any atom is 0.251 e. The van der Waals surface area contributed by atoms with E-state index < -0.39 is 10.0 Å². The second kappa shape index (κ2) is 7.99. The molecule has 0 unspecified atom stereocenters. The van der Waals surface area contributed by atoms with Crippen LogP contribution in [-0.4, -0.2) is 31.7 Å². The summed E-state index contributed by atoms with van der Waals surface area (Å²) in [6, 6.07) is 13.0. The molecule has 2 rings (SSSR count). The SMILES string of the molecule is CC(C)N(C)S(=O)(=O)c1cccc(C(=O)NCc2cccc(Cl)c2)c1. The van der Waals surface area contributed by atoms with Crippen molar-refractivity contribution >= 4 is 27.5 Å². The minimum atomic E-state index is -3.63. The lowest BCUT2D eigenvalue weighted by molar-refractivity contribution is 0.0950. The number of halogens is 1. The number of sulfonamides is 1. The van der Waals surface area contributed by atoms with Gasteiger partial charge in [0.15, 0.2) is 0 Å². The predicted molar refractivity (Wildman–Crippen MR) is 99.1 cm³/mol. The standard InChI is InChI=1S/C18H21ClN2O3S/c1-13(2)21(3)25(23,24)17-9-5-7-15(11-17)18(22)20-12-14-6-4-8-16(19)10-14/h4-11,13H,12H2,1-3H3,(H,20,22). The third-order valence-electron chi connectivity index (χ3n) is 3.84. The van der Waals surface area contributed by atoms with Gasteiger partial charge in [0.1, 0.15) is 0 Å². The highest BCUT2D eigenvalue weighted by atomic mass is 35.5. The molecule has 1 N–H and O–H groups in total. The van der Waals surface area contributed by atoms with Crippen LogP contribution in [0.5, 0.6) is 0 Å². The smallest absolute Gasteiger partial charge is 0.251 e. The van der Waals surface area contributed by atoms with Gasteiger partial charge in [-0.05, 0) is 49.7 Å². The molecule has 0 aromatic heterocycles. The van der Waals surface area contributed by atoms with Gasteiger partial charge in [0.2, 0.25) is 10.0 Å². The Labute approximate surface area is 153 Å². The van der Waals surface area contributed by atoms with E-state index in [9.17, 15) is 13.2 Å². The third kappa shape index (κ3) is 4.81. The van der Waals surface area contributed by atoms with E-state index in [-0.39, 0.29) is 16.8 Å². The highest BCUT2D eigenvalue weighted by molar-refractivity contribution is 7.89. The van der Waals surface area contributed by atoms with Crippen LogP contribution in [0.4, 0.5) is 0 Å². The molecule has 0 aliphatic heterocycles. The Morgan fingerprint density at radius 1 is 1.16 bits per heavy atom. The molecule has 0 bridgehead atoms. The van der Waals surface area contributed by atoms with Crippen LogP contribution in [0.25, 0.3) is 0 Å². The molecule has 25 heavy (non-hydrogen) atoms. The molecule has 1 amide bonds. The van der Waals surface area contributed by atoms with Crippen molar-refractivity contribution in [3.63, 3.8) is 0 Å². The van der Waals surface area contributed by atoms with Gasteiger partial charge in [-0.25, -0.2) is 8.42 Å². The van der Waals surface area contributed by atoms with Crippen molar-refractivity contribution in [1.82, 2.24) is 9.62 Å². The lowest BCUT2D eigenvalue weighted by atomic mass is 10.2. The summed E-state index contributed by atoms with van der Waals surface area (Å²) in [5, 5.41) is 3.36. The second-order valence-electron chi connectivity index (χ2n) is 5.96. The van der Waals surface area contributed by atoms with Crippen LogP contribution in [0.3, 0.4) is 0 Å². The Kier molecular flexibility index (Phi) is 6.21. The van der Waals surface area contributed by atoms with E-state index in [4.69, 9.17) is 11.6 Å². The Balaban J connectivity index is 2.16. The average molecular weight is 381 g/mol. The normalized spacial score (nSPS) is 11.8. The molecule has 7 heteroatoms. The fraction of sp³-hybridized carbons (Fsp3) is 0.278. The van der Waals surface area contributed by atoms with Gasteiger partial charge in [0.25, 0.3) is 5.91 Å². The molecule has 2 aromatic rings. The number of nitrogens with zero attached hydrogens (tertiary/aromatic N) is 1. The highest BCUT2D eigenvalue weighted by Gasteiger charge is 2.23. The second-order valence-corrected chi connectivity index (χ2v) is 8.39. The number of benzene rings is 2. The van der Waals surface area contributed by atoms with Crippen LogP contribution >= 0.6 is 11.6 Å². The topological polar surface area (TPSA) is 66.5 Å². The van der Waals surface area contributed by atoms with Gasteiger partial charge in [-0.15, -0.1) is 0 Å². The number of amides is 1. The molecule has 0 aliphatic carbocycles. The van der Waals surface area contributed by atoms with Gasteiger partial charge < -0.3 is 5.32 Å². The van der Waals surface area contributed by atoms with Crippen LogP contribution < -0.4 is 5.32 Å². The molecular formula is C18H21ClN2O3S. The monoisotopic (exact) mass is 380 g/mol. The van der Waals surface area contributed by atoms with Crippen LogP contribution in [0.1, 0.15) is 29.8 Å². The number of carbonyl (C=O) groups excluding carboxylic acids is 1. The summed E-state index contributed by atoms with van der Waals surface area (Å²) in [7, 11) is -2.11. The number of hydrogen-bond acceptors (Lipinski definition) is 3. The summed E-state index contributed by atoms with van der Waals surface area (Å²) < 4.78 is 26.4. The Bertz CT molecular complexity index is 866. The summed E-state index contributed by atoms with van der Waals surface area (Å²) in [5.74, 6) is -0.343. The third-order valence-corrected chi connectivity index (χ3v) is 6.11. The molecule has 0 aliphatic rings. The first-order valence-corrected chi connectivity index (χ1v) is 9.64. The van der Waals surface area contributed by atoms with E-state index in [1.165, 1.54) is 23.5 Å². The van der Waals surface area contributed by atoms with Gasteiger partial charge in [-0.1, -0.05) is 29.8 Å². The molecule has 134 valence electrons. The lowest BCUT2D eigenvalue weighted by Gasteiger charge is -2.21. The molecule has 0 fully saturated rings. The van der Waals surface area contributed by atoms with Crippen molar-refractivity contribution in [2.75, 3.05) is 7.05 Å². The summed E-state index contributed by atoms with van der Waals surface area (Å²) in [6.45, 7) is 3.89. The van der Waals surface area contributed by atoms with Crippen molar-refractivity contribution in [3.05, 3.63) is 64.7 Å². The van der Waals surface area contributed by atoms with Gasteiger partial charge in [-0.2, -0.15) is 4.31 Å². The van der Waals surface area contributed by atoms with Gasteiger partial charge in [0, 0.05) is 30.2 Å². The minimum absolute atomic E-state index is 0.0964. The fourth-order valence-corrected chi connectivity index (χ4v) is 3.80. The first-order chi connectivity index (χ1) is 11.7. The van der Waals surface area contributed by atoms with E-state index in [1.54, 1.807) is 44.2 Å². The van der Waals surface area contributed by atoms with E-state index in [0.29, 0.717) is 17.1 Å². The van der Waals surface area contributed by atoms with Gasteiger partial charge >= 0.3 is 0 Å². The maximum atomic E-state index is 12.5. The minimum Gasteiger partial charge on any atom is -0.348 e. The predicted octanol–water partition coefficient (Wildman–Crippen LogP) is 3.30. The summed E-state index contributed by atoms with van der Waals surface area (Å²) in [5.41, 5.74) is 1.16. The molecule has 5 nitrogen and oxygen atoms in total. The number of rotatable bonds is 6. The zero-order chi connectivity index (χ0) is 18.6. The maximum absolute atomic E-state index is 12.5. The molecule has 0 atom stereocenters. The van der Waals surface area contributed by atoms with Crippen LogP contribution in [0.2, 0.25) is 5.02 Å². The van der Waals surface area contributed by atoms with Gasteiger partial charge in [-0.3, -0.25) is 4.79 Å². The first-order valence-electron chi connectivity index (χ1n) is 7.82. The average Bonchev–Trinajstić information content (AvgIpc) is 2.59. The van der Waals surface area contributed by atoms with E-state index in [0.717, 1.165) is 5.56 Å². The molecular weight excluding hydrogens is 360 g/mol. The van der Waals surface area contributed by atoms with Crippen molar-refractivity contribution in [1.29, 1.82) is 0 Å². The number of carbonyl (C=O) groups is 1. The molecule has 0 heterocycles. The van der Waals surface area contributed by atoms with E-state index >= 15 is 0 Å². The zero-order valence-corrected chi connectivity index (χ0v) is 15.9. The first kappa shape index (κ1) is 19.4. The quantitative estimate of drug-likeness (QED) is 0.836. The molecule has 0 spiro atoms. The molecule has 0 saturated heterocycles.